The van der Waals surface area contributed by atoms with Crippen LogP contribution in [0.5, 0.6) is 0 Å². The number of aromatic nitrogens is 1. The van der Waals surface area contributed by atoms with Crippen molar-refractivity contribution in [2.75, 3.05) is 11.6 Å². The van der Waals surface area contributed by atoms with E-state index in [0.717, 1.165) is 10.0 Å². The van der Waals surface area contributed by atoms with Gasteiger partial charge in [-0.3, -0.25) is 0 Å². The minimum Gasteiger partial charge on any atom is -0.744 e. The number of pyridine rings is 1. The van der Waals surface area contributed by atoms with Crippen molar-refractivity contribution in [3.8, 4) is 0 Å². The number of nitrogens with two attached hydrogens (primary N) is 2. The highest BCUT2D eigenvalue weighted by atomic mass is 79.9. The SMILES string of the molecule is Cc1cc(C)c(S(=O)(=O)[O-])c(C)c1.Nc1cc(Br)c[n+](N)c1. The quantitative estimate of drug-likeness (QED) is 0.437. The van der Waals surface area contributed by atoms with Crippen LogP contribution < -0.4 is 16.3 Å². The van der Waals surface area contributed by atoms with E-state index in [2.05, 4.69) is 15.9 Å². The predicted molar refractivity (Wildman–Crippen MR) is 87.5 cm³/mol. The van der Waals surface area contributed by atoms with Crippen molar-refractivity contribution in [3.63, 3.8) is 0 Å². The largest absolute Gasteiger partial charge is 0.744 e. The highest BCUT2D eigenvalue weighted by molar-refractivity contribution is 9.10. The maximum atomic E-state index is 10.8. The Balaban J connectivity index is 0.000000235. The topological polar surface area (TPSA) is 113 Å². The average Bonchev–Trinajstić information content (AvgIpc) is 2.23. The van der Waals surface area contributed by atoms with Gasteiger partial charge in [0.25, 0.3) is 0 Å². The second-order valence-electron chi connectivity index (χ2n) is 4.92. The van der Waals surface area contributed by atoms with Crippen molar-refractivity contribution in [3.05, 3.63) is 51.8 Å². The van der Waals surface area contributed by atoms with Gasteiger partial charge in [-0.05, 0) is 53.9 Å². The average molecular weight is 388 g/mol. The van der Waals surface area contributed by atoms with Crippen LogP contribution in [0.4, 0.5) is 5.69 Å². The van der Waals surface area contributed by atoms with Gasteiger partial charge < -0.3 is 10.3 Å². The maximum absolute atomic E-state index is 10.8. The lowest BCUT2D eigenvalue weighted by molar-refractivity contribution is -0.638. The lowest BCUT2D eigenvalue weighted by Crippen LogP contribution is -2.43. The molecule has 22 heavy (non-hydrogen) atoms. The Morgan fingerprint density at radius 2 is 1.59 bits per heavy atom. The summed E-state index contributed by atoms with van der Waals surface area (Å²) in [7, 11) is -4.33. The number of aryl methyl sites for hydroxylation is 3. The van der Waals surface area contributed by atoms with Gasteiger partial charge in [-0.25, -0.2) is 14.3 Å². The van der Waals surface area contributed by atoms with Gasteiger partial charge >= 0.3 is 0 Å². The molecule has 6 nitrogen and oxygen atoms in total. The standard InChI is InChI=1S/C9H12O3S.C5H7BrN3/c1-6-4-7(2)9(8(3)5-6)13(10,11)12;6-4-1-5(7)3-9(8)2-4/h4-5H,1-3H3,(H,10,11,12);1-3H,7-8H2/q;+1/p-1. The number of nitrogen functional groups attached to an aromatic ring is 2. The van der Waals surface area contributed by atoms with Gasteiger partial charge in [0.1, 0.15) is 15.8 Å². The number of benzene rings is 1. The first-order valence-corrected chi connectivity index (χ1v) is 8.47. The molecule has 0 radical (unpaired) electrons. The van der Waals surface area contributed by atoms with Crippen LogP contribution in [0.15, 0.2) is 40.0 Å². The van der Waals surface area contributed by atoms with E-state index in [1.54, 1.807) is 44.4 Å². The fourth-order valence-corrected chi connectivity index (χ4v) is 3.55. The summed E-state index contributed by atoms with van der Waals surface area (Å²) in [5.74, 6) is 5.37. The van der Waals surface area contributed by atoms with Gasteiger partial charge in [-0.15, -0.1) is 0 Å². The smallest absolute Gasteiger partial charge is 0.222 e. The van der Waals surface area contributed by atoms with Crippen LogP contribution in [0.2, 0.25) is 0 Å². The Labute approximate surface area is 138 Å². The van der Waals surface area contributed by atoms with E-state index in [1.807, 2.05) is 6.92 Å². The van der Waals surface area contributed by atoms with E-state index in [-0.39, 0.29) is 4.90 Å². The fourth-order valence-electron chi connectivity index (χ4n) is 2.15. The van der Waals surface area contributed by atoms with Crippen LogP contribution >= 0.6 is 15.9 Å². The molecule has 8 heteroatoms. The summed E-state index contributed by atoms with van der Waals surface area (Å²) in [5, 5.41) is 0. The van der Waals surface area contributed by atoms with Crippen LogP contribution in [-0.4, -0.2) is 13.0 Å². The van der Waals surface area contributed by atoms with Crippen molar-refractivity contribution in [1.29, 1.82) is 0 Å². The maximum Gasteiger partial charge on any atom is 0.222 e. The van der Waals surface area contributed by atoms with Crippen molar-refractivity contribution in [2.24, 2.45) is 0 Å². The first-order chi connectivity index (χ1) is 10.0. The summed E-state index contributed by atoms with van der Waals surface area (Å²) in [5.41, 5.74) is 8.08. The monoisotopic (exact) mass is 387 g/mol. The van der Waals surface area contributed by atoms with Gasteiger partial charge in [0, 0.05) is 0 Å². The van der Waals surface area contributed by atoms with E-state index in [9.17, 15) is 13.0 Å². The third kappa shape index (κ3) is 5.28. The van der Waals surface area contributed by atoms with E-state index in [0.29, 0.717) is 16.8 Å². The molecule has 0 saturated heterocycles. The summed E-state index contributed by atoms with van der Waals surface area (Å²) in [6.07, 6.45) is 3.35. The molecular formula is C14H18BrN3O3S. The molecule has 1 aromatic heterocycles. The Kier molecular flexibility index (Phi) is 5.92. The molecule has 0 amide bonds. The third-order valence-corrected chi connectivity index (χ3v) is 4.31. The molecule has 0 aliphatic carbocycles. The molecule has 0 fully saturated rings. The minimum absolute atomic E-state index is 0.0851. The lowest BCUT2D eigenvalue weighted by atomic mass is 10.1. The second kappa shape index (κ2) is 7.08. The predicted octanol–water partition coefficient (Wildman–Crippen LogP) is 1.55. The molecule has 0 saturated carbocycles. The van der Waals surface area contributed by atoms with Crippen LogP contribution in [0, 0.1) is 20.8 Å². The zero-order valence-corrected chi connectivity index (χ0v) is 14.9. The molecular weight excluding hydrogens is 370 g/mol. The van der Waals surface area contributed by atoms with E-state index in [4.69, 9.17) is 11.6 Å². The summed E-state index contributed by atoms with van der Waals surface area (Å²) in [4.78, 5) is -0.0851. The summed E-state index contributed by atoms with van der Waals surface area (Å²) in [6, 6.07) is 5.17. The van der Waals surface area contributed by atoms with Gasteiger partial charge in [-0.2, -0.15) is 0 Å². The Morgan fingerprint density at radius 1 is 1.09 bits per heavy atom. The second-order valence-corrected chi connectivity index (χ2v) is 7.15. The van der Waals surface area contributed by atoms with Gasteiger partial charge in [0.2, 0.25) is 12.4 Å². The van der Waals surface area contributed by atoms with Crippen LogP contribution in [0.25, 0.3) is 0 Å². The van der Waals surface area contributed by atoms with E-state index >= 15 is 0 Å². The van der Waals surface area contributed by atoms with Crippen molar-refractivity contribution in [1.82, 2.24) is 0 Å². The van der Waals surface area contributed by atoms with Crippen LogP contribution in [0.3, 0.4) is 0 Å². The highest BCUT2D eigenvalue weighted by Gasteiger charge is 2.09. The van der Waals surface area contributed by atoms with Crippen molar-refractivity contribution in [2.45, 2.75) is 25.7 Å². The summed E-state index contributed by atoms with van der Waals surface area (Å²) < 4.78 is 34.8. The molecule has 0 aliphatic heterocycles. The van der Waals surface area contributed by atoms with Crippen LogP contribution in [-0.2, 0) is 10.1 Å². The number of hydrogen-bond donors (Lipinski definition) is 2. The molecule has 2 rings (SSSR count). The zero-order chi connectivity index (χ0) is 17.1. The number of hydrogen-bond acceptors (Lipinski definition) is 5. The summed E-state index contributed by atoms with van der Waals surface area (Å²) >= 11 is 3.23. The molecule has 0 unspecified atom stereocenters. The van der Waals surface area contributed by atoms with E-state index in [1.165, 1.54) is 4.68 Å². The zero-order valence-electron chi connectivity index (χ0n) is 12.5. The number of rotatable bonds is 1. The van der Waals surface area contributed by atoms with Gasteiger partial charge in [-0.1, -0.05) is 22.4 Å². The highest BCUT2D eigenvalue weighted by Crippen LogP contribution is 2.20. The molecule has 4 N–H and O–H groups in total. The first kappa shape index (κ1) is 18.4. The minimum atomic E-state index is -4.33. The molecule has 1 heterocycles. The first-order valence-electron chi connectivity index (χ1n) is 6.27. The third-order valence-electron chi connectivity index (χ3n) is 2.73. The molecule has 1 aromatic carbocycles. The van der Waals surface area contributed by atoms with Crippen LogP contribution in [0.1, 0.15) is 16.7 Å². The number of nitrogens with zero attached hydrogens (tertiary/aromatic N) is 1. The number of anilines is 1. The van der Waals surface area contributed by atoms with Crippen molar-refractivity contribution < 1.29 is 17.6 Å². The summed E-state index contributed by atoms with van der Waals surface area (Å²) in [6.45, 7) is 5.12. The molecule has 0 bridgehead atoms. The molecule has 2 aromatic rings. The van der Waals surface area contributed by atoms with Gasteiger partial charge in [0.15, 0.2) is 0 Å². The Hall–Kier alpha value is -1.64. The van der Waals surface area contributed by atoms with Gasteiger partial charge in [0.05, 0.1) is 9.37 Å². The number of halogens is 1. The normalized spacial score (nSPS) is 10.8. The fraction of sp³-hybridized carbons (Fsp3) is 0.214. The molecule has 0 atom stereocenters. The molecule has 120 valence electrons. The Bertz CT molecular complexity index is 718. The molecule has 0 aliphatic rings. The Morgan fingerprint density at radius 3 is 1.95 bits per heavy atom. The van der Waals surface area contributed by atoms with E-state index < -0.39 is 10.1 Å². The van der Waals surface area contributed by atoms with Crippen molar-refractivity contribution >= 4 is 31.7 Å². The lowest BCUT2D eigenvalue weighted by Gasteiger charge is -2.14. The molecule has 0 spiro atoms.